The lowest BCUT2D eigenvalue weighted by molar-refractivity contribution is 0.412. The fourth-order valence-corrected chi connectivity index (χ4v) is 1.65. The molecule has 0 N–H and O–H groups in total. The van der Waals surface area contributed by atoms with E-state index in [0.29, 0.717) is 5.75 Å². The van der Waals surface area contributed by atoms with Gasteiger partial charge in [0.2, 0.25) is 0 Å². The molecule has 0 amide bonds. The number of ether oxygens (including phenoxy) is 1. The molecule has 0 aliphatic rings. The molecule has 0 radical (unpaired) electrons. The topological polar surface area (TPSA) is 35.0 Å². The zero-order chi connectivity index (χ0) is 12.4. The molecule has 17 heavy (non-hydrogen) atoms. The summed E-state index contributed by atoms with van der Waals surface area (Å²) in [5, 5.41) is 8.02. The third-order valence-corrected chi connectivity index (χ3v) is 2.77. The summed E-state index contributed by atoms with van der Waals surface area (Å²) in [6, 6.07) is 4.39. The summed E-state index contributed by atoms with van der Waals surface area (Å²) in [6.07, 6.45) is 1.70. The lowest BCUT2D eigenvalue weighted by Gasteiger charge is -2.10. The lowest BCUT2D eigenvalue weighted by Crippen LogP contribution is -1.97. The molecule has 0 fully saturated rings. The Morgan fingerprint density at radius 3 is 2.71 bits per heavy atom. The summed E-state index contributed by atoms with van der Waals surface area (Å²) in [6.45, 7) is 3.92. The van der Waals surface area contributed by atoms with Gasteiger partial charge in [0.25, 0.3) is 0 Å². The minimum Gasteiger partial charge on any atom is -0.496 e. The molecule has 0 aliphatic carbocycles. The van der Waals surface area contributed by atoms with Crippen molar-refractivity contribution >= 4 is 0 Å². The Hall–Kier alpha value is -1.97. The molecule has 0 aliphatic heterocycles. The number of benzene rings is 1. The molecule has 88 valence electrons. The second kappa shape index (κ2) is 4.49. The molecule has 1 aromatic carbocycles. The Balaban J connectivity index is 2.64. The zero-order valence-electron chi connectivity index (χ0n) is 9.99. The number of nitrogens with zero attached hydrogens (tertiary/aromatic N) is 2. The lowest BCUT2D eigenvalue weighted by atomic mass is 10.0. The van der Waals surface area contributed by atoms with E-state index >= 15 is 0 Å². The van der Waals surface area contributed by atoms with Gasteiger partial charge in [0, 0.05) is 11.6 Å². The first kappa shape index (κ1) is 11.5. The zero-order valence-corrected chi connectivity index (χ0v) is 9.99. The van der Waals surface area contributed by atoms with Crippen LogP contribution >= 0.6 is 0 Å². The first-order chi connectivity index (χ1) is 8.13. The molecular formula is C13H13FN2O. The van der Waals surface area contributed by atoms with E-state index in [4.69, 9.17) is 4.74 Å². The van der Waals surface area contributed by atoms with Crippen LogP contribution in [-0.2, 0) is 0 Å². The van der Waals surface area contributed by atoms with Crippen molar-refractivity contribution in [1.29, 1.82) is 0 Å². The average Bonchev–Trinajstić information content (AvgIpc) is 2.33. The quantitative estimate of drug-likeness (QED) is 0.798. The second-order valence-corrected chi connectivity index (χ2v) is 3.85. The Kier molecular flexibility index (Phi) is 3.04. The monoisotopic (exact) mass is 232 g/mol. The van der Waals surface area contributed by atoms with Gasteiger partial charge < -0.3 is 4.74 Å². The molecule has 0 saturated heterocycles. The van der Waals surface area contributed by atoms with Gasteiger partial charge in [-0.15, -0.1) is 0 Å². The molecule has 4 heteroatoms. The number of hydrogen-bond acceptors (Lipinski definition) is 3. The van der Waals surface area contributed by atoms with Gasteiger partial charge in [-0.2, -0.15) is 10.2 Å². The molecule has 1 heterocycles. The van der Waals surface area contributed by atoms with Crippen LogP contribution in [0.15, 0.2) is 24.4 Å². The minimum atomic E-state index is -0.330. The molecule has 3 nitrogen and oxygen atoms in total. The number of halogens is 1. The van der Waals surface area contributed by atoms with Crippen molar-refractivity contribution in [2.75, 3.05) is 7.11 Å². The van der Waals surface area contributed by atoms with Gasteiger partial charge in [-0.1, -0.05) is 0 Å². The summed E-state index contributed by atoms with van der Waals surface area (Å²) >= 11 is 0. The Morgan fingerprint density at radius 1 is 1.24 bits per heavy atom. The maximum atomic E-state index is 13.1. The smallest absolute Gasteiger partial charge is 0.131 e. The molecular weight excluding hydrogens is 219 g/mol. The maximum Gasteiger partial charge on any atom is 0.131 e. The van der Waals surface area contributed by atoms with Gasteiger partial charge in [-0.3, -0.25) is 0 Å². The minimum absolute atomic E-state index is 0.330. The van der Waals surface area contributed by atoms with Crippen LogP contribution < -0.4 is 4.74 Å². The molecule has 0 atom stereocenters. The predicted octanol–water partition coefficient (Wildman–Crippen LogP) is 2.91. The normalized spacial score (nSPS) is 10.4. The van der Waals surface area contributed by atoms with Crippen LogP contribution in [-0.4, -0.2) is 17.3 Å². The van der Waals surface area contributed by atoms with Gasteiger partial charge in [-0.25, -0.2) is 4.39 Å². The molecule has 0 unspecified atom stereocenters. The van der Waals surface area contributed by atoms with Crippen molar-refractivity contribution in [3.8, 4) is 17.0 Å². The highest BCUT2D eigenvalue weighted by molar-refractivity contribution is 5.70. The van der Waals surface area contributed by atoms with Crippen molar-refractivity contribution in [3.05, 3.63) is 41.3 Å². The second-order valence-electron chi connectivity index (χ2n) is 3.85. The number of rotatable bonds is 2. The van der Waals surface area contributed by atoms with Gasteiger partial charge >= 0.3 is 0 Å². The van der Waals surface area contributed by atoms with Gasteiger partial charge in [0.1, 0.15) is 11.6 Å². The van der Waals surface area contributed by atoms with E-state index in [2.05, 4.69) is 10.2 Å². The fraction of sp³-hybridized carbons (Fsp3) is 0.231. The van der Waals surface area contributed by atoms with E-state index in [1.165, 1.54) is 19.2 Å². The van der Waals surface area contributed by atoms with Crippen molar-refractivity contribution in [2.45, 2.75) is 13.8 Å². The summed E-state index contributed by atoms with van der Waals surface area (Å²) in [4.78, 5) is 0. The van der Waals surface area contributed by atoms with Crippen LogP contribution in [0.3, 0.4) is 0 Å². The highest BCUT2D eigenvalue weighted by atomic mass is 19.1. The first-order valence-electron chi connectivity index (χ1n) is 5.26. The molecule has 0 spiro atoms. The van der Waals surface area contributed by atoms with E-state index < -0.39 is 0 Å². The van der Waals surface area contributed by atoms with E-state index in [-0.39, 0.29) is 5.82 Å². The third-order valence-electron chi connectivity index (χ3n) is 2.77. The van der Waals surface area contributed by atoms with E-state index in [1.807, 2.05) is 13.8 Å². The number of aryl methyl sites for hydroxylation is 1. The average molecular weight is 232 g/mol. The SMILES string of the molecule is COc1cc(F)ccc1-c1nncc(C)c1C. The van der Waals surface area contributed by atoms with Gasteiger partial charge in [0.05, 0.1) is 19.0 Å². The summed E-state index contributed by atoms with van der Waals surface area (Å²) < 4.78 is 18.3. The Labute approximate surface area is 99.3 Å². The molecule has 2 aromatic rings. The number of aromatic nitrogens is 2. The maximum absolute atomic E-state index is 13.1. The van der Waals surface area contributed by atoms with Gasteiger partial charge in [-0.05, 0) is 37.1 Å². The standard InChI is InChI=1S/C13H13FN2O/c1-8-7-15-16-13(9(8)2)11-5-4-10(14)6-12(11)17-3/h4-7H,1-3H3. The van der Waals surface area contributed by atoms with Crippen molar-refractivity contribution < 1.29 is 9.13 Å². The largest absolute Gasteiger partial charge is 0.496 e. The van der Waals surface area contributed by atoms with Crippen LogP contribution in [0.25, 0.3) is 11.3 Å². The Morgan fingerprint density at radius 2 is 2.00 bits per heavy atom. The predicted molar refractivity (Wildman–Crippen MR) is 63.5 cm³/mol. The fourth-order valence-electron chi connectivity index (χ4n) is 1.65. The third kappa shape index (κ3) is 2.11. The number of methoxy groups -OCH3 is 1. The molecule has 0 saturated carbocycles. The van der Waals surface area contributed by atoms with Crippen LogP contribution in [0.5, 0.6) is 5.75 Å². The highest BCUT2D eigenvalue weighted by Crippen LogP contribution is 2.31. The van der Waals surface area contributed by atoms with Crippen LogP contribution in [0.4, 0.5) is 4.39 Å². The van der Waals surface area contributed by atoms with Crippen molar-refractivity contribution in [2.24, 2.45) is 0 Å². The summed E-state index contributed by atoms with van der Waals surface area (Å²) in [7, 11) is 1.51. The molecule has 1 aromatic heterocycles. The van der Waals surface area contributed by atoms with Gasteiger partial charge in [0.15, 0.2) is 0 Å². The van der Waals surface area contributed by atoms with Crippen LogP contribution in [0.1, 0.15) is 11.1 Å². The number of hydrogen-bond donors (Lipinski definition) is 0. The van der Waals surface area contributed by atoms with Crippen LogP contribution in [0, 0.1) is 19.7 Å². The van der Waals surface area contributed by atoms with E-state index in [9.17, 15) is 4.39 Å². The van der Waals surface area contributed by atoms with Crippen LogP contribution in [0.2, 0.25) is 0 Å². The summed E-state index contributed by atoms with van der Waals surface area (Å²) in [5.41, 5.74) is 3.54. The molecule has 0 bridgehead atoms. The molecule has 2 rings (SSSR count). The first-order valence-corrected chi connectivity index (χ1v) is 5.26. The highest BCUT2D eigenvalue weighted by Gasteiger charge is 2.12. The van der Waals surface area contributed by atoms with E-state index in [1.54, 1.807) is 12.3 Å². The van der Waals surface area contributed by atoms with Crippen molar-refractivity contribution in [3.63, 3.8) is 0 Å². The van der Waals surface area contributed by atoms with Crippen molar-refractivity contribution in [1.82, 2.24) is 10.2 Å². The Bertz CT molecular complexity index is 555. The van der Waals surface area contributed by atoms with E-state index in [0.717, 1.165) is 22.4 Å². The summed E-state index contributed by atoms with van der Waals surface area (Å²) in [5.74, 6) is 0.136.